The molecule has 3 rings (SSSR count). The first-order chi connectivity index (χ1) is 11.8. The molecule has 0 spiro atoms. The lowest BCUT2D eigenvalue weighted by atomic mass is 9.87. The van der Waals surface area contributed by atoms with Gasteiger partial charge in [0.1, 0.15) is 0 Å². The van der Waals surface area contributed by atoms with Crippen molar-refractivity contribution in [3.63, 3.8) is 0 Å². The second-order valence-corrected chi connectivity index (χ2v) is 7.57. The van der Waals surface area contributed by atoms with Gasteiger partial charge in [-0.15, -0.1) is 0 Å². The molecule has 0 unspecified atom stereocenters. The third-order valence-corrected chi connectivity index (χ3v) is 5.20. The highest BCUT2D eigenvalue weighted by Gasteiger charge is 2.30. The van der Waals surface area contributed by atoms with Gasteiger partial charge >= 0.3 is 0 Å². The van der Waals surface area contributed by atoms with Crippen molar-refractivity contribution < 1.29 is 0 Å². The Morgan fingerprint density at radius 3 is 2.56 bits per heavy atom. The van der Waals surface area contributed by atoms with Gasteiger partial charge in [-0.05, 0) is 75.6 Å². The number of hydrogen-bond acceptors (Lipinski definition) is 2. The molecule has 0 saturated heterocycles. The van der Waals surface area contributed by atoms with Crippen LogP contribution in [0.2, 0.25) is 5.02 Å². The van der Waals surface area contributed by atoms with Crippen LogP contribution in [-0.4, -0.2) is 18.3 Å². The summed E-state index contributed by atoms with van der Waals surface area (Å²) in [5, 5.41) is 0.671. The average Bonchev–Trinajstić information content (AvgIpc) is 2.54. The zero-order valence-corrected chi connectivity index (χ0v) is 16.4. The summed E-state index contributed by atoms with van der Waals surface area (Å²) in [5.41, 5.74) is 7.08. The molecule has 0 fully saturated rings. The maximum atomic E-state index is 6.21. The minimum Gasteiger partial charge on any atom is -0.363 e. The molecule has 0 amide bonds. The van der Waals surface area contributed by atoms with E-state index >= 15 is 0 Å². The highest BCUT2D eigenvalue weighted by atomic mass is 35.5. The molecular formula is C22H25ClN2. The van der Waals surface area contributed by atoms with Crippen LogP contribution in [-0.2, 0) is 0 Å². The normalized spacial score (nSPS) is 16.1. The second-order valence-electron chi connectivity index (χ2n) is 7.16. The Labute approximate surface area is 155 Å². The molecule has 3 heteroatoms. The van der Waals surface area contributed by atoms with Gasteiger partial charge in [-0.2, -0.15) is 0 Å². The number of rotatable bonds is 3. The molecular weight excluding hydrogens is 328 g/mol. The van der Waals surface area contributed by atoms with Crippen LogP contribution in [0.3, 0.4) is 0 Å². The maximum Gasteiger partial charge on any atom is 0.0816 e. The molecule has 0 atom stereocenters. The van der Waals surface area contributed by atoms with Gasteiger partial charge in [0.25, 0.3) is 0 Å². The Kier molecular flexibility index (Phi) is 4.75. The van der Waals surface area contributed by atoms with Crippen molar-refractivity contribution in [3.05, 3.63) is 64.2 Å². The lowest BCUT2D eigenvalue weighted by molar-refractivity contribution is 0.566. The number of aliphatic imine (C=N–C) groups is 1. The van der Waals surface area contributed by atoms with E-state index in [0.717, 1.165) is 17.8 Å². The molecule has 1 aliphatic rings. The minimum absolute atomic E-state index is 0.0332. The van der Waals surface area contributed by atoms with E-state index in [-0.39, 0.29) is 5.54 Å². The third-order valence-electron chi connectivity index (χ3n) is 4.88. The van der Waals surface area contributed by atoms with Crippen LogP contribution >= 0.6 is 11.6 Å². The standard InChI is InChI=1S/C22H25ClN2/c1-6-25-21-11-15(2)17(12-18(21)16(3)13-22(25,4)5)14-24-20-10-8-7-9-19(20)23/h7-14H,6H2,1-5H3. The summed E-state index contributed by atoms with van der Waals surface area (Å²) in [6.45, 7) is 12.1. The zero-order valence-electron chi connectivity index (χ0n) is 15.6. The Morgan fingerprint density at radius 2 is 1.88 bits per heavy atom. The van der Waals surface area contributed by atoms with Crippen LogP contribution in [0.25, 0.3) is 5.57 Å². The van der Waals surface area contributed by atoms with Gasteiger partial charge in [0, 0.05) is 24.0 Å². The molecule has 1 aliphatic heterocycles. The van der Waals surface area contributed by atoms with Crippen LogP contribution < -0.4 is 4.90 Å². The van der Waals surface area contributed by atoms with Crippen molar-refractivity contribution in [3.8, 4) is 0 Å². The van der Waals surface area contributed by atoms with Crippen molar-refractivity contribution >= 4 is 34.8 Å². The number of para-hydroxylation sites is 1. The fourth-order valence-electron chi connectivity index (χ4n) is 3.66. The van der Waals surface area contributed by atoms with Gasteiger partial charge in [-0.3, -0.25) is 4.99 Å². The highest BCUT2D eigenvalue weighted by Crippen LogP contribution is 2.40. The maximum absolute atomic E-state index is 6.21. The van der Waals surface area contributed by atoms with E-state index in [4.69, 9.17) is 11.6 Å². The van der Waals surface area contributed by atoms with E-state index in [2.05, 4.69) is 62.7 Å². The largest absolute Gasteiger partial charge is 0.363 e. The molecule has 0 aliphatic carbocycles. The molecule has 1 heterocycles. The van der Waals surface area contributed by atoms with Crippen LogP contribution in [0.15, 0.2) is 47.5 Å². The summed E-state index contributed by atoms with van der Waals surface area (Å²) in [7, 11) is 0. The molecule has 0 saturated carbocycles. The number of nitrogens with zero attached hydrogens (tertiary/aromatic N) is 2. The zero-order chi connectivity index (χ0) is 18.2. The summed E-state index contributed by atoms with van der Waals surface area (Å²) in [6.07, 6.45) is 4.27. The fourth-order valence-corrected chi connectivity index (χ4v) is 3.84. The molecule has 2 aromatic rings. The Morgan fingerprint density at radius 1 is 1.16 bits per heavy atom. The fraction of sp³-hybridized carbons (Fsp3) is 0.318. The number of benzene rings is 2. The van der Waals surface area contributed by atoms with Crippen molar-refractivity contribution in [2.45, 2.75) is 40.2 Å². The first kappa shape index (κ1) is 17.8. The van der Waals surface area contributed by atoms with Gasteiger partial charge in [0.15, 0.2) is 0 Å². The molecule has 2 aromatic carbocycles. The predicted octanol–water partition coefficient (Wildman–Crippen LogP) is 6.42. The molecule has 0 bridgehead atoms. The van der Waals surface area contributed by atoms with Gasteiger partial charge in [0.05, 0.1) is 16.2 Å². The monoisotopic (exact) mass is 352 g/mol. The number of fused-ring (bicyclic) bond motifs is 1. The molecule has 0 radical (unpaired) electrons. The second kappa shape index (κ2) is 6.68. The van der Waals surface area contributed by atoms with E-state index in [0.29, 0.717) is 5.02 Å². The quantitative estimate of drug-likeness (QED) is 0.582. The van der Waals surface area contributed by atoms with E-state index in [9.17, 15) is 0 Å². The van der Waals surface area contributed by atoms with Crippen molar-refractivity contribution in [1.29, 1.82) is 0 Å². The van der Waals surface area contributed by atoms with Crippen molar-refractivity contribution in [1.82, 2.24) is 0 Å². The predicted molar refractivity (Wildman–Crippen MR) is 111 cm³/mol. The first-order valence-electron chi connectivity index (χ1n) is 8.74. The average molecular weight is 353 g/mol. The smallest absolute Gasteiger partial charge is 0.0816 e. The lowest BCUT2D eigenvalue weighted by Crippen LogP contribution is -2.45. The summed E-state index contributed by atoms with van der Waals surface area (Å²) >= 11 is 6.21. The van der Waals surface area contributed by atoms with Gasteiger partial charge in [0.2, 0.25) is 0 Å². The number of hydrogen-bond donors (Lipinski definition) is 0. The summed E-state index contributed by atoms with van der Waals surface area (Å²) in [5.74, 6) is 0. The lowest BCUT2D eigenvalue weighted by Gasteiger charge is -2.43. The van der Waals surface area contributed by atoms with Crippen LogP contribution in [0.4, 0.5) is 11.4 Å². The molecule has 25 heavy (non-hydrogen) atoms. The van der Waals surface area contributed by atoms with Crippen LogP contribution in [0.1, 0.15) is 44.4 Å². The van der Waals surface area contributed by atoms with E-state index < -0.39 is 0 Å². The summed E-state index contributed by atoms with van der Waals surface area (Å²) in [6, 6.07) is 12.2. The van der Waals surface area contributed by atoms with Crippen molar-refractivity contribution in [2.24, 2.45) is 4.99 Å². The number of anilines is 1. The van der Waals surface area contributed by atoms with Gasteiger partial charge in [-0.25, -0.2) is 0 Å². The SMILES string of the molecule is CCN1c2cc(C)c(C=Nc3ccccc3Cl)cc2C(C)=CC1(C)C. The van der Waals surface area contributed by atoms with E-state index in [1.807, 2.05) is 30.5 Å². The Bertz CT molecular complexity index is 862. The van der Waals surface area contributed by atoms with Crippen LogP contribution in [0, 0.1) is 6.92 Å². The van der Waals surface area contributed by atoms with E-state index in [1.54, 1.807) is 0 Å². The molecule has 0 N–H and O–H groups in total. The Hall–Kier alpha value is -2.06. The highest BCUT2D eigenvalue weighted by molar-refractivity contribution is 6.33. The third kappa shape index (κ3) is 3.36. The minimum atomic E-state index is 0.0332. The number of allylic oxidation sites excluding steroid dienone is 1. The molecule has 130 valence electrons. The number of aryl methyl sites for hydroxylation is 1. The molecule has 0 aromatic heterocycles. The molecule has 2 nitrogen and oxygen atoms in total. The van der Waals surface area contributed by atoms with E-state index in [1.165, 1.54) is 22.4 Å². The van der Waals surface area contributed by atoms with Gasteiger partial charge < -0.3 is 4.90 Å². The number of halogens is 1. The topological polar surface area (TPSA) is 15.6 Å². The summed E-state index contributed by atoms with van der Waals surface area (Å²) in [4.78, 5) is 7.04. The number of likely N-dealkylation sites (N-methyl/N-ethyl adjacent to an activating group) is 1. The first-order valence-corrected chi connectivity index (χ1v) is 9.12. The summed E-state index contributed by atoms with van der Waals surface area (Å²) < 4.78 is 0. The van der Waals surface area contributed by atoms with Crippen LogP contribution in [0.5, 0.6) is 0 Å². The Balaban J connectivity index is 2.05. The van der Waals surface area contributed by atoms with Gasteiger partial charge in [-0.1, -0.05) is 29.8 Å². The van der Waals surface area contributed by atoms with Crippen molar-refractivity contribution in [2.75, 3.05) is 11.4 Å².